The molecule has 0 aromatic heterocycles. The Morgan fingerprint density at radius 1 is 1.24 bits per heavy atom. The molecule has 17 heavy (non-hydrogen) atoms. The number of carbonyl (C=O) groups excluding carboxylic acids is 1. The van der Waals surface area contributed by atoms with Crippen molar-refractivity contribution in [1.82, 2.24) is 0 Å². The lowest BCUT2D eigenvalue weighted by Gasteiger charge is -2.00. The molecule has 3 nitrogen and oxygen atoms in total. The van der Waals surface area contributed by atoms with Crippen molar-refractivity contribution < 1.29 is 19.1 Å². The number of aliphatic carboxylic acids is 1. The van der Waals surface area contributed by atoms with Crippen LogP contribution >= 0.6 is 0 Å². The maximum Gasteiger partial charge on any atom is 0.339 e. The van der Waals surface area contributed by atoms with Crippen LogP contribution in [-0.4, -0.2) is 16.9 Å². The van der Waals surface area contributed by atoms with E-state index in [1.54, 1.807) is 0 Å². The fourth-order valence-electron chi connectivity index (χ4n) is 1.53. The lowest BCUT2D eigenvalue weighted by molar-refractivity contribution is -0.134. The van der Waals surface area contributed by atoms with Gasteiger partial charge in [0.15, 0.2) is 5.78 Å². The number of ketones is 1. The minimum absolute atomic E-state index is 0.141. The largest absolute Gasteiger partial charge is 0.478 e. The molecule has 1 N–H and O–H groups in total. The van der Waals surface area contributed by atoms with Gasteiger partial charge in [0.1, 0.15) is 11.4 Å². The van der Waals surface area contributed by atoms with Gasteiger partial charge in [-0.3, -0.25) is 4.79 Å². The fraction of sp³-hybridized carbons (Fsp3) is 0.231. The van der Waals surface area contributed by atoms with Crippen LogP contribution in [0.2, 0.25) is 0 Å². The third-order valence-electron chi connectivity index (χ3n) is 2.63. The summed E-state index contributed by atoms with van der Waals surface area (Å²) in [6.07, 6.45) is 2.81. The summed E-state index contributed by atoms with van der Waals surface area (Å²) in [4.78, 5) is 22.7. The van der Waals surface area contributed by atoms with Crippen LogP contribution in [0.15, 0.2) is 29.8 Å². The number of halogens is 1. The first-order valence-corrected chi connectivity index (χ1v) is 5.32. The molecule has 1 saturated carbocycles. The van der Waals surface area contributed by atoms with Crippen molar-refractivity contribution in [3.05, 3.63) is 41.2 Å². The van der Waals surface area contributed by atoms with Crippen LogP contribution in [-0.2, 0) is 9.59 Å². The van der Waals surface area contributed by atoms with Gasteiger partial charge in [0.05, 0.1) is 0 Å². The van der Waals surface area contributed by atoms with Crippen molar-refractivity contribution in [3.63, 3.8) is 0 Å². The molecular weight excluding hydrogens is 223 g/mol. The highest BCUT2D eigenvalue weighted by Gasteiger charge is 2.34. The van der Waals surface area contributed by atoms with E-state index in [1.807, 2.05) is 0 Å². The molecule has 0 bridgehead atoms. The van der Waals surface area contributed by atoms with Crippen molar-refractivity contribution in [2.24, 2.45) is 5.92 Å². The fourth-order valence-corrected chi connectivity index (χ4v) is 1.53. The molecule has 1 aliphatic rings. The molecule has 2 rings (SSSR count). The zero-order valence-electron chi connectivity index (χ0n) is 9.02. The molecule has 0 amide bonds. The molecule has 0 atom stereocenters. The van der Waals surface area contributed by atoms with E-state index in [9.17, 15) is 14.0 Å². The van der Waals surface area contributed by atoms with Gasteiger partial charge in [-0.1, -0.05) is 12.1 Å². The molecule has 0 aliphatic heterocycles. The Morgan fingerprint density at radius 3 is 2.29 bits per heavy atom. The van der Waals surface area contributed by atoms with Crippen LogP contribution in [0, 0.1) is 11.7 Å². The van der Waals surface area contributed by atoms with E-state index < -0.39 is 11.8 Å². The van der Waals surface area contributed by atoms with Gasteiger partial charge in [-0.2, -0.15) is 0 Å². The summed E-state index contributed by atoms with van der Waals surface area (Å²) in [7, 11) is 0. The first kappa shape index (κ1) is 11.5. The van der Waals surface area contributed by atoms with E-state index in [2.05, 4.69) is 0 Å². The highest BCUT2D eigenvalue weighted by atomic mass is 19.1. The van der Waals surface area contributed by atoms with Gasteiger partial charge in [-0.05, 0) is 36.6 Å². The first-order valence-electron chi connectivity index (χ1n) is 5.32. The molecule has 0 heterocycles. The van der Waals surface area contributed by atoms with E-state index in [-0.39, 0.29) is 17.3 Å². The summed E-state index contributed by atoms with van der Waals surface area (Å²) in [6.45, 7) is 0. The van der Waals surface area contributed by atoms with Crippen LogP contribution in [0.25, 0.3) is 6.08 Å². The van der Waals surface area contributed by atoms with Gasteiger partial charge in [-0.15, -0.1) is 0 Å². The van der Waals surface area contributed by atoms with Gasteiger partial charge in [0, 0.05) is 5.92 Å². The minimum atomic E-state index is -1.23. The van der Waals surface area contributed by atoms with Gasteiger partial charge < -0.3 is 5.11 Å². The normalized spacial score (nSPS) is 15.7. The second-order valence-electron chi connectivity index (χ2n) is 4.05. The summed E-state index contributed by atoms with van der Waals surface area (Å²) >= 11 is 0. The maximum absolute atomic E-state index is 12.7. The quantitative estimate of drug-likeness (QED) is 0.494. The average Bonchev–Trinajstić information content (AvgIpc) is 3.11. The van der Waals surface area contributed by atoms with Gasteiger partial charge in [-0.25, -0.2) is 9.18 Å². The Labute approximate surface area is 97.6 Å². The topological polar surface area (TPSA) is 54.4 Å². The molecule has 0 unspecified atom stereocenters. The van der Waals surface area contributed by atoms with Crippen LogP contribution in [0.5, 0.6) is 0 Å². The van der Waals surface area contributed by atoms with E-state index in [0.717, 1.165) is 12.8 Å². The number of benzene rings is 1. The van der Waals surface area contributed by atoms with Crippen LogP contribution in [0.1, 0.15) is 18.4 Å². The number of hydrogen-bond donors (Lipinski definition) is 1. The van der Waals surface area contributed by atoms with Crippen molar-refractivity contribution in [1.29, 1.82) is 0 Å². The smallest absolute Gasteiger partial charge is 0.339 e. The number of rotatable bonds is 4. The summed E-state index contributed by atoms with van der Waals surface area (Å²) < 4.78 is 12.7. The van der Waals surface area contributed by atoms with Crippen LogP contribution < -0.4 is 0 Å². The number of Topliss-reactive ketones (excluding diaryl/α,β-unsaturated/α-hetero) is 1. The summed E-state index contributed by atoms with van der Waals surface area (Å²) in [6, 6.07) is 5.34. The second-order valence-corrected chi connectivity index (χ2v) is 4.05. The Bertz CT molecular complexity index is 484. The molecule has 1 fully saturated rings. The monoisotopic (exact) mass is 234 g/mol. The highest BCUT2D eigenvalue weighted by Crippen LogP contribution is 2.32. The van der Waals surface area contributed by atoms with E-state index in [1.165, 1.54) is 30.3 Å². The Morgan fingerprint density at radius 2 is 1.82 bits per heavy atom. The Kier molecular flexibility index (Phi) is 3.04. The molecule has 1 aliphatic carbocycles. The van der Waals surface area contributed by atoms with Gasteiger partial charge >= 0.3 is 5.97 Å². The Balaban J connectivity index is 2.28. The number of carboxylic acid groups (broad SMARTS) is 1. The highest BCUT2D eigenvalue weighted by molar-refractivity contribution is 6.21. The van der Waals surface area contributed by atoms with Gasteiger partial charge in [0.25, 0.3) is 0 Å². The van der Waals surface area contributed by atoms with E-state index >= 15 is 0 Å². The SMILES string of the molecule is O=C(O)/C(=C\c1ccc(F)cc1)C(=O)C1CC1. The van der Waals surface area contributed by atoms with Crippen molar-refractivity contribution >= 4 is 17.8 Å². The molecule has 88 valence electrons. The van der Waals surface area contributed by atoms with Crippen molar-refractivity contribution in [3.8, 4) is 0 Å². The summed E-state index contributed by atoms with van der Waals surface area (Å²) in [5, 5.41) is 8.97. The number of carbonyl (C=O) groups is 2. The first-order chi connectivity index (χ1) is 8.08. The molecule has 0 radical (unpaired) electrons. The third kappa shape index (κ3) is 2.78. The van der Waals surface area contributed by atoms with Crippen molar-refractivity contribution in [2.75, 3.05) is 0 Å². The number of hydrogen-bond acceptors (Lipinski definition) is 2. The van der Waals surface area contributed by atoms with Crippen LogP contribution in [0.4, 0.5) is 4.39 Å². The standard InChI is InChI=1S/C13H11FO3/c14-10-5-1-8(2-6-10)7-11(13(16)17)12(15)9-3-4-9/h1-2,5-7,9H,3-4H2,(H,16,17)/b11-7-. The zero-order valence-corrected chi connectivity index (χ0v) is 9.02. The predicted octanol–water partition coefficient (Wildman–Crippen LogP) is 2.27. The van der Waals surface area contributed by atoms with E-state index in [0.29, 0.717) is 5.56 Å². The predicted molar refractivity (Wildman–Crippen MR) is 59.7 cm³/mol. The summed E-state index contributed by atoms with van der Waals surface area (Å²) in [5.41, 5.74) is 0.289. The molecular formula is C13H11FO3. The third-order valence-corrected chi connectivity index (χ3v) is 2.63. The molecule has 4 heteroatoms. The second kappa shape index (κ2) is 4.49. The lowest BCUT2D eigenvalue weighted by Crippen LogP contribution is -2.13. The van der Waals surface area contributed by atoms with Crippen molar-refractivity contribution in [2.45, 2.75) is 12.8 Å². The van der Waals surface area contributed by atoms with Gasteiger partial charge in [0.2, 0.25) is 0 Å². The average molecular weight is 234 g/mol. The maximum atomic E-state index is 12.7. The van der Waals surface area contributed by atoms with Crippen LogP contribution in [0.3, 0.4) is 0 Å². The molecule has 0 spiro atoms. The zero-order chi connectivity index (χ0) is 12.4. The van der Waals surface area contributed by atoms with E-state index in [4.69, 9.17) is 5.11 Å². The number of carboxylic acids is 1. The Hall–Kier alpha value is -1.97. The lowest BCUT2D eigenvalue weighted by atomic mass is 10.0. The minimum Gasteiger partial charge on any atom is -0.478 e. The summed E-state index contributed by atoms with van der Waals surface area (Å²) in [5.74, 6) is -2.10. The molecule has 1 aromatic rings. The molecule has 1 aromatic carbocycles. The molecule has 0 saturated heterocycles.